The van der Waals surface area contributed by atoms with Crippen LogP contribution >= 0.6 is 11.8 Å². The number of rotatable bonds is 2. The Morgan fingerprint density at radius 3 is 2.56 bits per heavy atom. The predicted molar refractivity (Wildman–Crippen MR) is 71.6 cm³/mol. The topological polar surface area (TPSA) is 58.6 Å². The van der Waals surface area contributed by atoms with Crippen molar-refractivity contribution >= 4 is 17.9 Å². The Labute approximate surface area is 111 Å². The molecule has 98 valence electrons. The Hall–Kier alpha value is -1.20. The van der Waals surface area contributed by atoms with Crippen molar-refractivity contribution in [3.8, 4) is 0 Å². The van der Waals surface area contributed by atoms with Crippen LogP contribution in [0.15, 0.2) is 24.3 Å². The second kappa shape index (κ2) is 4.82. The summed E-state index contributed by atoms with van der Waals surface area (Å²) in [6.45, 7) is 6.00. The maximum absolute atomic E-state index is 10.7. The number of nitrogens with one attached hydrogen (secondary N) is 1. The minimum Gasteiger partial charge on any atom is -0.450 e. The van der Waals surface area contributed by atoms with Crippen molar-refractivity contribution in [2.24, 2.45) is 0 Å². The lowest BCUT2D eigenvalue weighted by Gasteiger charge is -2.23. The Kier molecular flexibility index (Phi) is 3.54. The highest BCUT2D eigenvalue weighted by Gasteiger charge is 2.44. The number of carbonyl (C=O) groups is 1. The lowest BCUT2D eigenvalue weighted by molar-refractivity contribution is 0.0274. The van der Waals surface area contributed by atoms with Gasteiger partial charge in [0.2, 0.25) is 0 Å². The van der Waals surface area contributed by atoms with E-state index in [0.29, 0.717) is 0 Å². The SMILES string of the molecule is Cc1ccc(C2N[C@@H](OC(=O)O)C(C)(C)S2)cc1. The highest BCUT2D eigenvalue weighted by Crippen LogP contribution is 2.45. The van der Waals surface area contributed by atoms with Gasteiger partial charge >= 0.3 is 6.16 Å². The molecule has 5 heteroatoms. The minimum atomic E-state index is -1.24. The summed E-state index contributed by atoms with van der Waals surface area (Å²) in [5.41, 5.74) is 2.34. The molecule has 18 heavy (non-hydrogen) atoms. The zero-order chi connectivity index (χ0) is 13.3. The molecule has 0 saturated carbocycles. The van der Waals surface area contributed by atoms with Gasteiger partial charge in [0.05, 0.1) is 10.1 Å². The second-order valence-electron chi connectivity index (χ2n) is 4.94. The Bertz CT molecular complexity index is 444. The minimum absolute atomic E-state index is 0.0601. The first kappa shape index (κ1) is 13.2. The van der Waals surface area contributed by atoms with Gasteiger partial charge in [-0.2, -0.15) is 0 Å². The second-order valence-corrected chi connectivity index (χ2v) is 6.70. The number of hydrogen-bond acceptors (Lipinski definition) is 4. The molecule has 4 nitrogen and oxygen atoms in total. The maximum atomic E-state index is 10.7. The number of carboxylic acid groups (broad SMARTS) is 1. The summed E-state index contributed by atoms with van der Waals surface area (Å²) in [4.78, 5) is 10.7. The fourth-order valence-corrected chi connectivity index (χ4v) is 3.25. The molecule has 1 aromatic rings. The maximum Gasteiger partial charge on any atom is 0.507 e. The first-order valence-electron chi connectivity index (χ1n) is 5.78. The zero-order valence-electron chi connectivity index (χ0n) is 10.6. The molecule has 1 aliphatic rings. The van der Waals surface area contributed by atoms with E-state index in [1.807, 2.05) is 20.8 Å². The largest absolute Gasteiger partial charge is 0.507 e. The molecule has 0 aromatic heterocycles. The normalized spacial score (nSPS) is 25.9. The standard InChI is InChI=1S/C13H17NO3S/c1-8-4-6-9(7-5-8)10-14-11(17-12(15)16)13(2,3)18-10/h4-7,10-11,14H,1-3H3,(H,15,16)/t10?,11-/m0/s1. The molecule has 2 N–H and O–H groups in total. The Morgan fingerprint density at radius 2 is 2.00 bits per heavy atom. The molecule has 0 aliphatic carbocycles. The van der Waals surface area contributed by atoms with Crippen LogP contribution in [-0.2, 0) is 4.74 Å². The molecule has 1 aliphatic heterocycles. The van der Waals surface area contributed by atoms with Crippen LogP contribution in [0.4, 0.5) is 4.79 Å². The quantitative estimate of drug-likeness (QED) is 0.806. The fourth-order valence-electron chi connectivity index (χ4n) is 1.92. The smallest absolute Gasteiger partial charge is 0.450 e. The molecular weight excluding hydrogens is 250 g/mol. The van der Waals surface area contributed by atoms with Crippen LogP contribution in [-0.4, -0.2) is 22.2 Å². The van der Waals surface area contributed by atoms with Gasteiger partial charge in [-0.15, -0.1) is 11.8 Å². The molecule has 0 radical (unpaired) electrons. The summed E-state index contributed by atoms with van der Waals surface area (Å²) >= 11 is 1.68. The van der Waals surface area contributed by atoms with E-state index in [4.69, 9.17) is 9.84 Å². The average molecular weight is 267 g/mol. The summed E-state index contributed by atoms with van der Waals surface area (Å²) in [5.74, 6) is 0. The first-order chi connectivity index (χ1) is 8.38. The van der Waals surface area contributed by atoms with E-state index >= 15 is 0 Å². The highest BCUT2D eigenvalue weighted by molar-refractivity contribution is 8.01. The monoisotopic (exact) mass is 267 g/mol. The lowest BCUT2D eigenvalue weighted by Crippen LogP contribution is -2.40. The molecule has 1 heterocycles. The van der Waals surface area contributed by atoms with E-state index in [-0.39, 0.29) is 10.1 Å². The van der Waals surface area contributed by atoms with Crippen molar-refractivity contribution in [3.63, 3.8) is 0 Å². The van der Waals surface area contributed by atoms with Crippen molar-refractivity contribution in [3.05, 3.63) is 35.4 Å². The van der Waals surface area contributed by atoms with Crippen LogP contribution in [0.25, 0.3) is 0 Å². The zero-order valence-corrected chi connectivity index (χ0v) is 11.5. The number of aryl methyl sites for hydroxylation is 1. The lowest BCUT2D eigenvalue weighted by atomic mass is 10.1. The van der Waals surface area contributed by atoms with Crippen LogP contribution in [0.5, 0.6) is 0 Å². The van der Waals surface area contributed by atoms with E-state index in [1.165, 1.54) is 5.56 Å². The van der Waals surface area contributed by atoms with E-state index < -0.39 is 12.4 Å². The van der Waals surface area contributed by atoms with Crippen molar-refractivity contribution in [1.29, 1.82) is 0 Å². The number of ether oxygens (including phenoxy) is 1. The van der Waals surface area contributed by atoms with E-state index in [9.17, 15) is 4.79 Å². The summed E-state index contributed by atoms with van der Waals surface area (Å²) in [6.07, 6.45) is -1.74. The van der Waals surface area contributed by atoms with Crippen LogP contribution in [0, 0.1) is 6.92 Å². The predicted octanol–water partition coefficient (Wildman–Crippen LogP) is 3.13. The van der Waals surface area contributed by atoms with Gasteiger partial charge in [-0.25, -0.2) is 4.79 Å². The number of benzene rings is 1. The Balaban J connectivity index is 2.14. The molecule has 0 spiro atoms. The summed E-state index contributed by atoms with van der Waals surface area (Å²) in [5, 5.41) is 12.0. The van der Waals surface area contributed by atoms with E-state index in [0.717, 1.165) is 5.56 Å². The van der Waals surface area contributed by atoms with E-state index in [2.05, 4.69) is 29.6 Å². The van der Waals surface area contributed by atoms with Gasteiger partial charge in [0.15, 0.2) is 6.23 Å². The molecule has 2 rings (SSSR count). The third-order valence-electron chi connectivity index (χ3n) is 2.95. The van der Waals surface area contributed by atoms with Gasteiger partial charge in [0.25, 0.3) is 0 Å². The van der Waals surface area contributed by atoms with Gasteiger partial charge in [-0.1, -0.05) is 29.8 Å². The highest BCUT2D eigenvalue weighted by atomic mass is 32.2. The fraction of sp³-hybridized carbons (Fsp3) is 0.462. The van der Waals surface area contributed by atoms with Crippen molar-refractivity contribution in [1.82, 2.24) is 5.32 Å². The van der Waals surface area contributed by atoms with Gasteiger partial charge in [-0.3, -0.25) is 5.32 Å². The van der Waals surface area contributed by atoms with Gasteiger partial charge < -0.3 is 9.84 Å². The van der Waals surface area contributed by atoms with Gasteiger partial charge in [-0.05, 0) is 26.3 Å². The Morgan fingerprint density at radius 1 is 1.39 bits per heavy atom. The summed E-state index contributed by atoms with van der Waals surface area (Å²) in [6, 6.07) is 8.21. The molecule has 0 bridgehead atoms. The summed E-state index contributed by atoms with van der Waals surface area (Å²) in [7, 11) is 0. The van der Waals surface area contributed by atoms with Crippen molar-refractivity contribution in [2.75, 3.05) is 0 Å². The van der Waals surface area contributed by atoms with Crippen LogP contribution in [0.3, 0.4) is 0 Å². The molecule has 1 aromatic carbocycles. The molecular formula is C13H17NO3S. The molecule has 0 amide bonds. The van der Waals surface area contributed by atoms with Crippen molar-refractivity contribution in [2.45, 2.75) is 37.1 Å². The molecule has 1 unspecified atom stereocenters. The van der Waals surface area contributed by atoms with Crippen molar-refractivity contribution < 1.29 is 14.6 Å². The molecule has 1 fully saturated rings. The van der Waals surface area contributed by atoms with Crippen LogP contribution < -0.4 is 5.32 Å². The number of thioether (sulfide) groups is 1. The molecule has 2 atom stereocenters. The number of hydrogen-bond donors (Lipinski definition) is 2. The van der Waals surface area contributed by atoms with Gasteiger partial charge in [0.1, 0.15) is 0 Å². The first-order valence-corrected chi connectivity index (χ1v) is 6.66. The van der Waals surface area contributed by atoms with Crippen LogP contribution in [0.2, 0.25) is 0 Å². The summed E-state index contributed by atoms with van der Waals surface area (Å²) < 4.78 is 4.60. The van der Waals surface area contributed by atoms with Gasteiger partial charge in [0, 0.05) is 0 Å². The average Bonchev–Trinajstić information content (AvgIpc) is 2.54. The van der Waals surface area contributed by atoms with Crippen LogP contribution in [0.1, 0.15) is 30.3 Å². The third-order valence-corrected chi connectivity index (χ3v) is 4.42. The van der Waals surface area contributed by atoms with E-state index in [1.54, 1.807) is 11.8 Å². The molecule has 1 saturated heterocycles. The third kappa shape index (κ3) is 2.79.